The molecule has 2 aromatic carbocycles. The molecular weight excluding hydrogens is 458 g/mol. The van der Waals surface area contributed by atoms with E-state index in [1.807, 2.05) is 12.1 Å². The molecule has 1 aliphatic heterocycles. The summed E-state index contributed by atoms with van der Waals surface area (Å²) in [5.41, 5.74) is 1.26. The van der Waals surface area contributed by atoms with Crippen molar-refractivity contribution in [2.24, 2.45) is 0 Å². The van der Waals surface area contributed by atoms with E-state index in [4.69, 9.17) is 4.74 Å². The second kappa shape index (κ2) is 10.9. The molecule has 0 unspecified atom stereocenters. The second-order valence-electron chi connectivity index (χ2n) is 8.34. The fourth-order valence-corrected chi connectivity index (χ4v) is 5.45. The summed E-state index contributed by atoms with van der Waals surface area (Å²) in [6.07, 6.45) is 1.55. The fraction of sp³-hybridized carbons (Fsp3) is 0.417. The van der Waals surface area contributed by atoms with Gasteiger partial charge < -0.3 is 20.1 Å². The molecule has 0 spiro atoms. The average Bonchev–Trinajstić information content (AvgIpc) is 3.35. The topological polar surface area (TPSA) is 116 Å². The van der Waals surface area contributed by atoms with Gasteiger partial charge in [-0.2, -0.15) is 4.31 Å². The molecule has 3 rings (SSSR count). The molecule has 0 aromatic heterocycles. The molecule has 1 heterocycles. The van der Waals surface area contributed by atoms with Gasteiger partial charge in [0.05, 0.1) is 4.90 Å². The molecule has 1 aliphatic rings. The number of nitrogens with one attached hydrogen (secondary N) is 1. The van der Waals surface area contributed by atoms with Crippen LogP contribution in [0.4, 0.5) is 11.4 Å². The summed E-state index contributed by atoms with van der Waals surface area (Å²) >= 11 is 0. The number of rotatable bonds is 9. The lowest BCUT2D eigenvalue weighted by Crippen LogP contribution is -2.30. The van der Waals surface area contributed by atoms with Crippen LogP contribution in [0.25, 0.3) is 0 Å². The van der Waals surface area contributed by atoms with E-state index in [0.29, 0.717) is 24.8 Å². The molecule has 1 saturated heterocycles. The number of carbonyl (C=O) groups excluding carboxylic acids is 2. The van der Waals surface area contributed by atoms with Crippen LogP contribution < -0.4 is 10.2 Å². The predicted molar refractivity (Wildman–Crippen MR) is 130 cm³/mol. The van der Waals surface area contributed by atoms with Gasteiger partial charge in [0.15, 0.2) is 6.61 Å². The molecule has 10 heteroatoms. The van der Waals surface area contributed by atoms with Gasteiger partial charge in [0.1, 0.15) is 11.3 Å². The van der Waals surface area contributed by atoms with Gasteiger partial charge in [-0.1, -0.05) is 0 Å². The van der Waals surface area contributed by atoms with E-state index in [9.17, 15) is 23.1 Å². The monoisotopic (exact) mass is 489 g/mol. The molecule has 184 valence electrons. The van der Waals surface area contributed by atoms with Crippen molar-refractivity contribution in [2.75, 3.05) is 36.5 Å². The van der Waals surface area contributed by atoms with Crippen molar-refractivity contribution in [2.45, 2.75) is 44.6 Å². The van der Waals surface area contributed by atoms with Crippen LogP contribution in [0.1, 0.15) is 44.0 Å². The van der Waals surface area contributed by atoms with E-state index < -0.39 is 34.3 Å². The van der Waals surface area contributed by atoms with Gasteiger partial charge in [-0.25, -0.2) is 13.2 Å². The number of sulfonamides is 1. The third kappa shape index (κ3) is 5.87. The number of phenols is 1. The zero-order chi connectivity index (χ0) is 24.9. The van der Waals surface area contributed by atoms with Crippen molar-refractivity contribution in [3.8, 4) is 5.75 Å². The first-order chi connectivity index (χ1) is 16.1. The first kappa shape index (κ1) is 25.5. The van der Waals surface area contributed by atoms with Crippen LogP contribution in [0.15, 0.2) is 47.4 Å². The SMILES string of the molecule is CCN(c1ccc(NC(=O)COC(=O)c2cc(S(=O)(=O)N3CCCC3)ccc2O)cc1)C(C)C. The van der Waals surface area contributed by atoms with Gasteiger partial charge in [0.25, 0.3) is 5.91 Å². The summed E-state index contributed by atoms with van der Waals surface area (Å²) in [6, 6.07) is 11.1. The van der Waals surface area contributed by atoms with Crippen molar-refractivity contribution in [3.05, 3.63) is 48.0 Å². The van der Waals surface area contributed by atoms with Crippen LogP contribution in [0.2, 0.25) is 0 Å². The predicted octanol–water partition coefficient (Wildman–Crippen LogP) is 3.21. The van der Waals surface area contributed by atoms with Crippen LogP contribution in [-0.2, 0) is 19.6 Å². The Morgan fingerprint density at radius 2 is 1.76 bits per heavy atom. The number of anilines is 2. The molecule has 0 bridgehead atoms. The Balaban J connectivity index is 1.61. The molecule has 34 heavy (non-hydrogen) atoms. The van der Waals surface area contributed by atoms with E-state index in [1.165, 1.54) is 10.4 Å². The Bertz CT molecular complexity index is 1130. The number of phenolic OH excluding ortho intramolecular Hbond substituents is 1. The van der Waals surface area contributed by atoms with E-state index >= 15 is 0 Å². The Morgan fingerprint density at radius 3 is 2.35 bits per heavy atom. The summed E-state index contributed by atoms with van der Waals surface area (Å²) in [4.78, 5) is 26.8. The van der Waals surface area contributed by atoms with Crippen LogP contribution in [0.5, 0.6) is 5.75 Å². The quantitative estimate of drug-likeness (QED) is 0.520. The zero-order valence-electron chi connectivity index (χ0n) is 19.7. The molecule has 0 atom stereocenters. The van der Waals surface area contributed by atoms with Crippen molar-refractivity contribution in [1.82, 2.24) is 4.31 Å². The van der Waals surface area contributed by atoms with Crippen LogP contribution in [0.3, 0.4) is 0 Å². The number of esters is 1. The van der Waals surface area contributed by atoms with Crippen molar-refractivity contribution >= 4 is 33.3 Å². The fourth-order valence-electron chi connectivity index (χ4n) is 3.90. The third-order valence-electron chi connectivity index (χ3n) is 5.67. The van der Waals surface area contributed by atoms with Crippen molar-refractivity contribution in [3.63, 3.8) is 0 Å². The molecule has 2 aromatic rings. The largest absolute Gasteiger partial charge is 0.507 e. The van der Waals surface area contributed by atoms with Gasteiger partial charge in [0.2, 0.25) is 10.0 Å². The number of hydrogen-bond donors (Lipinski definition) is 2. The number of amides is 1. The van der Waals surface area contributed by atoms with Gasteiger partial charge >= 0.3 is 5.97 Å². The number of carbonyl (C=O) groups is 2. The minimum absolute atomic E-state index is 0.105. The summed E-state index contributed by atoms with van der Waals surface area (Å²) in [7, 11) is -3.77. The number of aromatic hydroxyl groups is 1. The van der Waals surface area contributed by atoms with Crippen LogP contribution in [-0.4, -0.2) is 62.0 Å². The molecule has 1 fully saturated rings. The normalized spacial score (nSPS) is 14.2. The minimum Gasteiger partial charge on any atom is -0.507 e. The van der Waals surface area contributed by atoms with Gasteiger partial charge in [0, 0.05) is 37.1 Å². The molecule has 9 nitrogen and oxygen atoms in total. The molecule has 2 N–H and O–H groups in total. The van der Waals surface area contributed by atoms with Gasteiger partial charge in [-0.05, 0) is 76.1 Å². The Kier molecular flexibility index (Phi) is 8.16. The Morgan fingerprint density at radius 1 is 1.12 bits per heavy atom. The van der Waals surface area contributed by atoms with Gasteiger partial charge in [-0.3, -0.25) is 4.79 Å². The Hall–Kier alpha value is -3.11. The number of benzene rings is 2. The first-order valence-corrected chi connectivity index (χ1v) is 12.7. The zero-order valence-corrected chi connectivity index (χ0v) is 20.5. The van der Waals surface area contributed by atoms with E-state index in [2.05, 4.69) is 31.0 Å². The van der Waals surface area contributed by atoms with Crippen LogP contribution in [0, 0.1) is 0 Å². The van der Waals surface area contributed by atoms with Gasteiger partial charge in [-0.15, -0.1) is 0 Å². The maximum Gasteiger partial charge on any atom is 0.342 e. The standard InChI is InChI=1S/C24H31N3O6S/c1-4-27(17(2)3)19-9-7-18(8-10-19)25-23(29)16-33-24(30)21-15-20(11-12-22(21)28)34(31,32)26-13-5-6-14-26/h7-12,15,17,28H,4-6,13-14,16H2,1-3H3,(H,25,29). The summed E-state index contributed by atoms with van der Waals surface area (Å²) in [5.74, 6) is -1.97. The Labute approximate surface area is 200 Å². The highest BCUT2D eigenvalue weighted by atomic mass is 32.2. The number of hydrogen-bond acceptors (Lipinski definition) is 7. The maximum absolute atomic E-state index is 12.7. The number of ether oxygens (including phenoxy) is 1. The smallest absolute Gasteiger partial charge is 0.342 e. The van der Waals surface area contributed by atoms with Crippen LogP contribution >= 0.6 is 0 Å². The third-order valence-corrected chi connectivity index (χ3v) is 7.57. The molecular formula is C24H31N3O6S. The minimum atomic E-state index is -3.77. The highest BCUT2D eigenvalue weighted by molar-refractivity contribution is 7.89. The lowest BCUT2D eigenvalue weighted by atomic mass is 10.2. The summed E-state index contributed by atoms with van der Waals surface area (Å²) in [5, 5.41) is 12.7. The van der Waals surface area contributed by atoms with E-state index in [-0.39, 0.29) is 10.5 Å². The molecule has 0 saturated carbocycles. The van der Waals surface area contributed by atoms with Crippen molar-refractivity contribution < 1.29 is 27.9 Å². The summed E-state index contributed by atoms with van der Waals surface area (Å²) < 4.78 is 31.8. The lowest BCUT2D eigenvalue weighted by molar-refractivity contribution is -0.119. The molecule has 1 amide bonds. The van der Waals surface area contributed by atoms with E-state index in [1.54, 1.807) is 12.1 Å². The lowest BCUT2D eigenvalue weighted by Gasteiger charge is -2.27. The average molecular weight is 490 g/mol. The van der Waals surface area contributed by atoms with Crippen molar-refractivity contribution in [1.29, 1.82) is 0 Å². The second-order valence-corrected chi connectivity index (χ2v) is 10.3. The van der Waals surface area contributed by atoms with E-state index in [0.717, 1.165) is 37.2 Å². The maximum atomic E-state index is 12.7. The number of nitrogens with zero attached hydrogens (tertiary/aromatic N) is 2. The molecule has 0 aliphatic carbocycles. The highest BCUT2D eigenvalue weighted by Gasteiger charge is 2.28. The highest BCUT2D eigenvalue weighted by Crippen LogP contribution is 2.26. The summed E-state index contributed by atoms with van der Waals surface area (Å²) in [6.45, 7) is 7.37. The molecule has 0 radical (unpaired) electrons. The first-order valence-electron chi connectivity index (χ1n) is 11.3.